The Morgan fingerprint density at radius 2 is 1.70 bits per heavy atom. The Labute approximate surface area is 175 Å². The van der Waals surface area contributed by atoms with E-state index in [1.807, 2.05) is 72.9 Å². The van der Waals surface area contributed by atoms with E-state index in [2.05, 4.69) is 16.2 Å². The van der Waals surface area contributed by atoms with E-state index in [0.29, 0.717) is 11.3 Å². The van der Waals surface area contributed by atoms with Crippen molar-refractivity contribution in [1.29, 1.82) is 0 Å². The first-order chi connectivity index (χ1) is 14.7. The van der Waals surface area contributed by atoms with Crippen LogP contribution in [0.25, 0.3) is 0 Å². The Morgan fingerprint density at radius 1 is 0.933 bits per heavy atom. The number of amides is 1. The van der Waals surface area contributed by atoms with Gasteiger partial charge in [-0.1, -0.05) is 30.3 Å². The van der Waals surface area contributed by atoms with Gasteiger partial charge in [0.2, 0.25) is 0 Å². The SMILES string of the molecule is COc1ccc(C2(c3ccc(NC(=O)c4ccccc4)cc3)C=CNN2)c(OC)c1. The molecule has 0 spiro atoms. The zero-order valence-corrected chi connectivity index (χ0v) is 16.8. The van der Waals surface area contributed by atoms with Crippen molar-refractivity contribution in [2.75, 3.05) is 19.5 Å². The number of hydrogen-bond acceptors (Lipinski definition) is 5. The van der Waals surface area contributed by atoms with E-state index in [9.17, 15) is 4.79 Å². The topological polar surface area (TPSA) is 71.6 Å². The molecule has 6 heteroatoms. The van der Waals surface area contributed by atoms with E-state index in [1.54, 1.807) is 26.4 Å². The van der Waals surface area contributed by atoms with Crippen LogP contribution < -0.4 is 25.6 Å². The lowest BCUT2D eigenvalue weighted by atomic mass is 9.83. The molecule has 30 heavy (non-hydrogen) atoms. The summed E-state index contributed by atoms with van der Waals surface area (Å²) in [5.41, 5.74) is 9.04. The van der Waals surface area contributed by atoms with Crippen molar-refractivity contribution in [3.8, 4) is 11.5 Å². The molecule has 3 aromatic rings. The van der Waals surface area contributed by atoms with Crippen molar-refractivity contribution < 1.29 is 14.3 Å². The molecule has 1 aliphatic heterocycles. The van der Waals surface area contributed by atoms with Crippen LogP contribution in [0, 0.1) is 0 Å². The third-order valence-corrected chi connectivity index (χ3v) is 5.15. The molecule has 0 saturated carbocycles. The van der Waals surface area contributed by atoms with E-state index in [4.69, 9.17) is 9.47 Å². The van der Waals surface area contributed by atoms with Crippen LogP contribution >= 0.6 is 0 Å². The van der Waals surface area contributed by atoms with E-state index in [1.165, 1.54) is 0 Å². The molecule has 0 fully saturated rings. The molecule has 3 N–H and O–H groups in total. The Balaban J connectivity index is 1.64. The van der Waals surface area contributed by atoms with Gasteiger partial charge in [0.15, 0.2) is 0 Å². The van der Waals surface area contributed by atoms with Gasteiger partial charge < -0.3 is 20.2 Å². The monoisotopic (exact) mass is 401 g/mol. The van der Waals surface area contributed by atoms with Gasteiger partial charge in [-0.05, 0) is 48.0 Å². The van der Waals surface area contributed by atoms with Crippen LogP contribution in [0.1, 0.15) is 21.5 Å². The van der Waals surface area contributed by atoms with Gasteiger partial charge in [0, 0.05) is 29.1 Å². The molecule has 1 amide bonds. The van der Waals surface area contributed by atoms with E-state index in [-0.39, 0.29) is 5.91 Å². The van der Waals surface area contributed by atoms with Crippen molar-refractivity contribution in [2.24, 2.45) is 0 Å². The minimum Gasteiger partial charge on any atom is -0.497 e. The quantitative estimate of drug-likeness (QED) is 0.586. The number of hydrogen-bond donors (Lipinski definition) is 3. The van der Waals surface area contributed by atoms with Crippen LogP contribution in [-0.4, -0.2) is 20.1 Å². The number of carbonyl (C=O) groups is 1. The third-order valence-electron chi connectivity index (χ3n) is 5.15. The van der Waals surface area contributed by atoms with Crippen LogP contribution in [0.15, 0.2) is 85.1 Å². The van der Waals surface area contributed by atoms with Gasteiger partial charge >= 0.3 is 0 Å². The normalized spacial score (nSPS) is 17.3. The van der Waals surface area contributed by atoms with Crippen molar-refractivity contribution in [2.45, 2.75) is 5.54 Å². The van der Waals surface area contributed by atoms with Gasteiger partial charge in [0.1, 0.15) is 17.0 Å². The summed E-state index contributed by atoms with van der Waals surface area (Å²) in [6.07, 6.45) is 3.89. The van der Waals surface area contributed by atoms with E-state index >= 15 is 0 Å². The molecule has 1 atom stereocenters. The highest BCUT2D eigenvalue weighted by Crippen LogP contribution is 2.40. The smallest absolute Gasteiger partial charge is 0.255 e. The molecule has 0 saturated heterocycles. The molecule has 0 aromatic heterocycles. The second-order valence-electron chi connectivity index (χ2n) is 6.87. The minimum absolute atomic E-state index is 0.143. The molecule has 1 unspecified atom stereocenters. The van der Waals surface area contributed by atoms with Gasteiger partial charge in [0.25, 0.3) is 5.91 Å². The lowest BCUT2D eigenvalue weighted by molar-refractivity contribution is 0.102. The molecular formula is C24H23N3O3. The maximum absolute atomic E-state index is 12.4. The molecule has 4 rings (SSSR count). The number of rotatable bonds is 6. The van der Waals surface area contributed by atoms with Crippen LogP contribution in [0.4, 0.5) is 5.69 Å². The average Bonchev–Trinajstić information content (AvgIpc) is 3.30. The summed E-state index contributed by atoms with van der Waals surface area (Å²) >= 11 is 0. The lowest BCUT2D eigenvalue weighted by Gasteiger charge is -2.30. The van der Waals surface area contributed by atoms with Gasteiger partial charge in [-0.2, -0.15) is 0 Å². The summed E-state index contributed by atoms with van der Waals surface area (Å²) in [7, 11) is 3.27. The molecule has 152 valence electrons. The molecule has 3 aromatic carbocycles. The first-order valence-corrected chi connectivity index (χ1v) is 9.56. The molecule has 0 radical (unpaired) electrons. The molecule has 0 bridgehead atoms. The number of nitrogens with one attached hydrogen (secondary N) is 3. The van der Waals surface area contributed by atoms with Crippen molar-refractivity contribution >= 4 is 11.6 Å². The average molecular weight is 401 g/mol. The van der Waals surface area contributed by atoms with Gasteiger partial charge in [-0.3, -0.25) is 4.79 Å². The second kappa shape index (κ2) is 8.31. The van der Waals surface area contributed by atoms with Crippen LogP contribution in [0.3, 0.4) is 0 Å². The zero-order chi connectivity index (χ0) is 21.0. The molecule has 1 aliphatic rings. The second-order valence-corrected chi connectivity index (χ2v) is 6.87. The molecule has 6 nitrogen and oxygen atoms in total. The standard InChI is InChI=1S/C24H23N3O3/c1-29-20-12-13-21(22(16-20)30-2)24(14-15-25-27-24)18-8-10-19(11-9-18)26-23(28)17-6-4-3-5-7-17/h3-16,25,27H,1-2H3,(H,26,28). The Kier molecular flexibility index (Phi) is 5.41. The highest BCUT2D eigenvalue weighted by atomic mass is 16.5. The molecular weight excluding hydrogens is 378 g/mol. The maximum atomic E-state index is 12.4. The minimum atomic E-state index is -0.625. The van der Waals surface area contributed by atoms with Gasteiger partial charge in [0.05, 0.1) is 14.2 Å². The van der Waals surface area contributed by atoms with Crippen molar-refractivity contribution in [1.82, 2.24) is 10.9 Å². The molecule has 0 aliphatic carbocycles. The number of anilines is 1. The number of ether oxygens (including phenoxy) is 2. The molecule has 1 heterocycles. The van der Waals surface area contributed by atoms with Gasteiger partial charge in [-0.25, -0.2) is 5.43 Å². The summed E-state index contributed by atoms with van der Waals surface area (Å²) in [6, 6.07) is 22.6. The number of hydrazine groups is 1. The van der Waals surface area contributed by atoms with Crippen molar-refractivity contribution in [3.63, 3.8) is 0 Å². The summed E-state index contributed by atoms with van der Waals surface area (Å²) in [6.45, 7) is 0. The highest BCUT2D eigenvalue weighted by Gasteiger charge is 2.36. The third kappa shape index (κ3) is 3.60. The number of methoxy groups -OCH3 is 2. The summed E-state index contributed by atoms with van der Waals surface area (Å²) in [5.74, 6) is 1.28. The Bertz CT molecular complexity index is 1060. The maximum Gasteiger partial charge on any atom is 0.255 e. The lowest BCUT2D eigenvalue weighted by Crippen LogP contribution is -2.43. The predicted octanol–water partition coefficient (Wildman–Crippen LogP) is 3.82. The summed E-state index contributed by atoms with van der Waals surface area (Å²) < 4.78 is 11.0. The van der Waals surface area contributed by atoms with Crippen LogP contribution in [-0.2, 0) is 5.54 Å². The summed E-state index contributed by atoms with van der Waals surface area (Å²) in [4.78, 5) is 12.4. The first kappa shape index (κ1) is 19.5. The number of carbonyl (C=O) groups excluding carboxylic acids is 1. The van der Waals surface area contributed by atoms with Crippen molar-refractivity contribution in [3.05, 3.63) is 102 Å². The first-order valence-electron chi connectivity index (χ1n) is 9.56. The van der Waals surface area contributed by atoms with Crippen LogP contribution in [0.5, 0.6) is 11.5 Å². The Hall–Kier alpha value is -3.77. The fourth-order valence-electron chi connectivity index (χ4n) is 3.58. The summed E-state index contributed by atoms with van der Waals surface area (Å²) in [5, 5.41) is 2.93. The van der Waals surface area contributed by atoms with Crippen LogP contribution in [0.2, 0.25) is 0 Å². The van der Waals surface area contributed by atoms with Gasteiger partial charge in [-0.15, -0.1) is 0 Å². The highest BCUT2D eigenvalue weighted by molar-refractivity contribution is 6.04. The zero-order valence-electron chi connectivity index (χ0n) is 16.8. The Morgan fingerprint density at radius 3 is 2.33 bits per heavy atom. The predicted molar refractivity (Wildman–Crippen MR) is 117 cm³/mol. The number of benzene rings is 3. The fourth-order valence-corrected chi connectivity index (χ4v) is 3.58. The fraction of sp³-hybridized carbons (Fsp3) is 0.125. The largest absolute Gasteiger partial charge is 0.497 e. The van der Waals surface area contributed by atoms with E-state index < -0.39 is 5.54 Å². The van der Waals surface area contributed by atoms with E-state index in [0.717, 1.165) is 22.6 Å².